The molecule has 1 aromatic rings. The van der Waals surface area contributed by atoms with Gasteiger partial charge >= 0.3 is 5.97 Å². The summed E-state index contributed by atoms with van der Waals surface area (Å²) < 4.78 is 23.8. The summed E-state index contributed by atoms with van der Waals surface area (Å²) in [5.41, 5.74) is -0.0267. The number of aliphatic carboxylic acids is 1. The Morgan fingerprint density at radius 3 is 2.13 bits per heavy atom. The van der Waals surface area contributed by atoms with E-state index >= 15 is 0 Å². The number of benzene rings is 1. The van der Waals surface area contributed by atoms with E-state index in [9.17, 15) is 18.4 Å². The van der Waals surface area contributed by atoms with Crippen molar-refractivity contribution in [2.75, 3.05) is 0 Å². The second-order valence-electron chi connectivity index (χ2n) is 2.54. The molecular formula is C9H6F2O3S. The van der Waals surface area contributed by atoms with Crippen molar-refractivity contribution in [3.8, 4) is 0 Å². The van der Waals surface area contributed by atoms with Gasteiger partial charge in [-0.15, -0.1) is 0 Å². The molecular weight excluding hydrogens is 226 g/mol. The quantitative estimate of drug-likeness (QED) is 0.491. The minimum atomic E-state index is -2.54. The lowest BCUT2D eigenvalue weighted by Crippen LogP contribution is -2.12. The highest BCUT2D eigenvalue weighted by Gasteiger charge is 2.14. The highest BCUT2D eigenvalue weighted by Crippen LogP contribution is 2.25. The molecule has 0 aromatic heterocycles. The summed E-state index contributed by atoms with van der Waals surface area (Å²) in [6.45, 7) is 0. The van der Waals surface area contributed by atoms with Crippen LogP contribution in [0, 0.1) is 0 Å². The van der Waals surface area contributed by atoms with Crippen molar-refractivity contribution in [3.05, 3.63) is 29.8 Å². The van der Waals surface area contributed by atoms with Gasteiger partial charge in [-0.3, -0.25) is 4.79 Å². The smallest absolute Gasteiger partial charge is 0.377 e. The third-order valence-corrected chi connectivity index (χ3v) is 2.26. The molecule has 0 saturated heterocycles. The number of halogens is 2. The SMILES string of the molecule is O=C(O)C(=O)c1ccc(SC(F)F)cc1. The van der Waals surface area contributed by atoms with Crippen molar-refractivity contribution >= 4 is 23.5 Å². The number of Topliss-reactive ketones (excluding diaryl/α,β-unsaturated/α-hetero) is 1. The molecule has 1 rings (SSSR count). The number of alkyl halides is 2. The molecule has 0 atom stereocenters. The number of hydrogen-bond acceptors (Lipinski definition) is 3. The number of carbonyl (C=O) groups excluding carboxylic acids is 1. The summed E-state index contributed by atoms with van der Waals surface area (Å²) in [6, 6.07) is 4.99. The zero-order valence-electron chi connectivity index (χ0n) is 7.31. The van der Waals surface area contributed by atoms with E-state index in [4.69, 9.17) is 5.11 Å². The van der Waals surface area contributed by atoms with Crippen LogP contribution in [0.5, 0.6) is 0 Å². The van der Waals surface area contributed by atoms with Crippen LogP contribution in [0.15, 0.2) is 29.2 Å². The van der Waals surface area contributed by atoms with Crippen LogP contribution in [-0.4, -0.2) is 22.6 Å². The van der Waals surface area contributed by atoms with Crippen LogP contribution in [0.2, 0.25) is 0 Å². The maximum Gasteiger partial charge on any atom is 0.377 e. The number of carbonyl (C=O) groups is 2. The Bertz CT molecular complexity index is 375. The van der Waals surface area contributed by atoms with Crippen molar-refractivity contribution in [1.29, 1.82) is 0 Å². The lowest BCUT2D eigenvalue weighted by atomic mass is 10.1. The molecule has 15 heavy (non-hydrogen) atoms. The average molecular weight is 232 g/mol. The van der Waals surface area contributed by atoms with E-state index in [1.54, 1.807) is 0 Å². The molecule has 80 valence electrons. The summed E-state index contributed by atoms with van der Waals surface area (Å²) in [7, 11) is 0. The largest absolute Gasteiger partial charge is 0.475 e. The maximum atomic E-state index is 11.9. The van der Waals surface area contributed by atoms with E-state index in [0.717, 1.165) is 0 Å². The fourth-order valence-electron chi connectivity index (χ4n) is 0.911. The van der Waals surface area contributed by atoms with Crippen LogP contribution in [0.25, 0.3) is 0 Å². The van der Waals surface area contributed by atoms with E-state index in [1.165, 1.54) is 24.3 Å². The molecule has 1 aromatic carbocycles. The second-order valence-corrected chi connectivity index (χ2v) is 3.60. The molecule has 0 heterocycles. The molecule has 0 spiro atoms. The summed E-state index contributed by atoms with van der Waals surface area (Å²) in [6.07, 6.45) is 0. The van der Waals surface area contributed by atoms with Crippen molar-refractivity contribution in [2.24, 2.45) is 0 Å². The van der Waals surface area contributed by atoms with Gasteiger partial charge < -0.3 is 5.11 Å². The van der Waals surface area contributed by atoms with Gasteiger partial charge in [0.2, 0.25) is 0 Å². The molecule has 0 unspecified atom stereocenters. The van der Waals surface area contributed by atoms with E-state index in [0.29, 0.717) is 11.8 Å². The van der Waals surface area contributed by atoms with Crippen LogP contribution in [-0.2, 0) is 4.79 Å². The van der Waals surface area contributed by atoms with Crippen LogP contribution in [0.1, 0.15) is 10.4 Å². The molecule has 0 bridgehead atoms. The van der Waals surface area contributed by atoms with Crippen LogP contribution < -0.4 is 0 Å². The number of ketones is 1. The van der Waals surface area contributed by atoms with E-state index in [1.807, 2.05) is 0 Å². The number of rotatable bonds is 4. The number of carboxylic acid groups (broad SMARTS) is 1. The van der Waals surface area contributed by atoms with Crippen molar-refractivity contribution in [2.45, 2.75) is 10.7 Å². The Balaban J connectivity index is 2.81. The molecule has 0 aliphatic rings. The van der Waals surface area contributed by atoms with Gasteiger partial charge in [-0.1, -0.05) is 11.8 Å². The molecule has 0 amide bonds. The minimum absolute atomic E-state index is 0.0267. The molecule has 1 N–H and O–H groups in total. The zero-order chi connectivity index (χ0) is 11.4. The molecule has 0 aliphatic heterocycles. The Hall–Kier alpha value is -1.43. The van der Waals surface area contributed by atoms with Gasteiger partial charge in [0, 0.05) is 10.5 Å². The first-order valence-electron chi connectivity index (χ1n) is 3.83. The Morgan fingerprint density at radius 2 is 1.73 bits per heavy atom. The fourth-order valence-corrected chi connectivity index (χ4v) is 1.41. The first kappa shape index (κ1) is 11.6. The van der Waals surface area contributed by atoms with Gasteiger partial charge in [0.15, 0.2) is 0 Å². The summed E-state index contributed by atoms with van der Waals surface area (Å²) >= 11 is 0.335. The van der Waals surface area contributed by atoms with E-state index < -0.39 is 17.5 Å². The minimum Gasteiger partial charge on any atom is -0.475 e. The monoisotopic (exact) mass is 232 g/mol. The van der Waals surface area contributed by atoms with E-state index in [-0.39, 0.29) is 10.5 Å². The van der Waals surface area contributed by atoms with Crippen LogP contribution >= 0.6 is 11.8 Å². The molecule has 0 aliphatic carbocycles. The zero-order valence-corrected chi connectivity index (χ0v) is 8.13. The topological polar surface area (TPSA) is 54.4 Å². The third kappa shape index (κ3) is 3.32. The lowest BCUT2D eigenvalue weighted by Gasteiger charge is -2.00. The number of thioether (sulfide) groups is 1. The normalized spacial score (nSPS) is 10.3. The van der Waals surface area contributed by atoms with Crippen LogP contribution in [0.3, 0.4) is 0 Å². The summed E-state index contributed by atoms with van der Waals surface area (Å²) in [4.78, 5) is 21.5. The molecule has 0 radical (unpaired) electrons. The number of hydrogen-bond donors (Lipinski definition) is 1. The Kier molecular flexibility index (Phi) is 3.79. The third-order valence-electron chi connectivity index (χ3n) is 1.54. The molecule has 0 fully saturated rings. The molecule has 6 heteroatoms. The van der Waals surface area contributed by atoms with Gasteiger partial charge in [0.25, 0.3) is 11.5 Å². The predicted octanol–water partition coefficient (Wildman–Crippen LogP) is 2.27. The van der Waals surface area contributed by atoms with E-state index in [2.05, 4.69) is 0 Å². The van der Waals surface area contributed by atoms with Gasteiger partial charge in [0.1, 0.15) is 0 Å². The van der Waals surface area contributed by atoms with Gasteiger partial charge in [-0.25, -0.2) is 4.79 Å². The van der Waals surface area contributed by atoms with Gasteiger partial charge in [0.05, 0.1) is 0 Å². The summed E-state index contributed by atoms with van der Waals surface area (Å²) in [5.74, 6) is -5.15. The highest BCUT2D eigenvalue weighted by atomic mass is 32.2. The van der Waals surface area contributed by atoms with Gasteiger partial charge in [-0.2, -0.15) is 8.78 Å². The first-order chi connectivity index (χ1) is 7.00. The first-order valence-corrected chi connectivity index (χ1v) is 4.71. The van der Waals surface area contributed by atoms with Crippen molar-refractivity contribution in [1.82, 2.24) is 0 Å². The number of carboxylic acids is 1. The Morgan fingerprint density at radius 1 is 1.20 bits per heavy atom. The maximum absolute atomic E-state index is 11.9. The second kappa shape index (κ2) is 4.88. The van der Waals surface area contributed by atoms with Crippen molar-refractivity contribution < 1.29 is 23.5 Å². The van der Waals surface area contributed by atoms with Gasteiger partial charge in [-0.05, 0) is 24.3 Å². The summed E-state index contributed by atoms with van der Waals surface area (Å²) in [5, 5.41) is 8.38. The average Bonchev–Trinajstić information content (AvgIpc) is 2.17. The standard InChI is InChI=1S/C9H6F2O3S/c10-9(11)15-6-3-1-5(2-4-6)7(12)8(13)14/h1-4,9H,(H,13,14). The molecule has 0 saturated carbocycles. The van der Waals surface area contributed by atoms with Crippen LogP contribution in [0.4, 0.5) is 8.78 Å². The highest BCUT2D eigenvalue weighted by molar-refractivity contribution is 7.99. The fraction of sp³-hybridized carbons (Fsp3) is 0.111. The van der Waals surface area contributed by atoms with Crippen molar-refractivity contribution in [3.63, 3.8) is 0 Å². The molecule has 3 nitrogen and oxygen atoms in total. The lowest BCUT2D eigenvalue weighted by molar-refractivity contribution is -0.131. The predicted molar refractivity (Wildman–Crippen MR) is 50.3 cm³/mol. The Labute approximate surface area is 88.1 Å².